The monoisotopic (exact) mass is 309 g/mol. The fourth-order valence-electron chi connectivity index (χ4n) is 1.91. The Labute approximate surface area is 117 Å². The van der Waals surface area contributed by atoms with Crippen molar-refractivity contribution in [3.05, 3.63) is 35.1 Å². The van der Waals surface area contributed by atoms with Gasteiger partial charge in [-0.1, -0.05) is 6.92 Å². The SMILES string of the molecule is CCS(=O)(=O)CCCC(NC)c1cc(F)c(F)c(F)c1. The summed E-state index contributed by atoms with van der Waals surface area (Å²) >= 11 is 0. The molecule has 1 aromatic rings. The lowest BCUT2D eigenvalue weighted by Crippen LogP contribution is -2.19. The lowest BCUT2D eigenvalue weighted by molar-refractivity contribution is 0.439. The predicted molar refractivity (Wildman–Crippen MR) is 71.7 cm³/mol. The molecule has 114 valence electrons. The van der Waals surface area contributed by atoms with E-state index in [1.165, 1.54) is 0 Å². The van der Waals surface area contributed by atoms with E-state index in [1.807, 2.05) is 0 Å². The maximum Gasteiger partial charge on any atom is 0.194 e. The summed E-state index contributed by atoms with van der Waals surface area (Å²) in [5, 5.41) is 2.85. The predicted octanol–water partition coefficient (Wildman–Crippen LogP) is 2.58. The molecule has 1 N–H and O–H groups in total. The summed E-state index contributed by atoms with van der Waals surface area (Å²) in [6.45, 7) is 1.57. The number of hydrogen-bond acceptors (Lipinski definition) is 3. The Kier molecular flexibility index (Phi) is 6.01. The minimum Gasteiger partial charge on any atom is -0.313 e. The van der Waals surface area contributed by atoms with Crippen molar-refractivity contribution in [1.29, 1.82) is 0 Å². The summed E-state index contributed by atoms with van der Waals surface area (Å²) in [7, 11) is -1.47. The van der Waals surface area contributed by atoms with Crippen LogP contribution in [0.25, 0.3) is 0 Å². The van der Waals surface area contributed by atoms with E-state index in [2.05, 4.69) is 5.32 Å². The van der Waals surface area contributed by atoms with E-state index in [0.29, 0.717) is 12.8 Å². The summed E-state index contributed by atoms with van der Waals surface area (Å²) in [4.78, 5) is 0. The summed E-state index contributed by atoms with van der Waals surface area (Å²) < 4.78 is 61.9. The maximum atomic E-state index is 13.2. The fourth-order valence-corrected chi connectivity index (χ4v) is 2.80. The first-order valence-electron chi connectivity index (χ1n) is 6.33. The van der Waals surface area contributed by atoms with Crippen LogP contribution in [0.4, 0.5) is 13.2 Å². The van der Waals surface area contributed by atoms with Crippen molar-refractivity contribution in [1.82, 2.24) is 5.32 Å². The maximum absolute atomic E-state index is 13.2. The van der Waals surface area contributed by atoms with Crippen LogP contribution in [0.5, 0.6) is 0 Å². The Hall–Kier alpha value is -1.08. The minimum atomic E-state index is -3.06. The second-order valence-corrected chi connectivity index (χ2v) is 6.99. The van der Waals surface area contributed by atoms with Crippen molar-refractivity contribution < 1.29 is 21.6 Å². The van der Waals surface area contributed by atoms with Crippen molar-refractivity contribution in [3.63, 3.8) is 0 Å². The van der Waals surface area contributed by atoms with Crippen molar-refractivity contribution in [2.45, 2.75) is 25.8 Å². The molecule has 0 aromatic heterocycles. The second-order valence-electron chi connectivity index (χ2n) is 4.52. The van der Waals surface area contributed by atoms with Gasteiger partial charge in [-0.2, -0.15) is 0 Å². The Morgan fingerprint density at radius 2 is 1.75 bits per heavy atom. The molecule has 1 rings (SSSR count). The van der Waals surface area contributed by atoms with Gasteiger partial charge in [0.15, 0.2) is 17.5 Å². The van der Waals surface area contributed by atoms with Gasteiger partial charge in [0.25, 0.3) is 0 Å². The van der Waals surface area contributed by atoms with Gasteiger partial charge in [-0.3, -0.25) is 0 Å². The zero-order chi connectivity index (χ0) is 15.3. The smallest absolute Gasteiger partial charge is 0.194 e. The van der Waals surface area contributed by atoms with Gasteiger partial charge in [-0.15, -0.1) is 0 Å². The highest BCUT2D eigenvalue weighted by atomic mass is 32.2. The van der Waals surface area contributed by atoms with Crippen LogP contribution < -0.4 is 5.32 Å². The van der Waals surface area contributed by atoms with Crippen molar-refractivity contribution in [2.75, 3.05) is 18.6 Å². The van der Waals surface area contributed by atoms with Crippen LogP contribution in [0.3, 0.4) is 0 Å². The van der Waals surface area contributed by atoms with Crippen molar-refractivity contribution in [3.8, 4) is 0 Å². The van der Waals surface area contributed by atoms with Gasteiger partial charge < -0.3 is 5.32 Å². The molecule has 3 nitrogen and oxygen atoms in total. The largest absolute Gasteiger partial charge is 0.313 e. The molecule has 0 radical (unpaired) electrons. The van der Waals surface area contributed by atoms with E-state index in [1.54, 1.807) is 14.0 Å². The van der Waals surface area contributed by atoms with Crippen LogP contribution in [0.15, 0.2) is 12.1 Å². The first-order valence-corrected chi connectivity index (χ1v) is 8.15. The molecule has 20 heavy (non-hydrogen) atoms. The fraction of sp³-hybridized carbons (Fsp3) is 0.538. The third kappa shape index (κ3) is 4.49. The summed E-state index contributed by atoms with van der Waals surface area (Å²) in [5.74, 6) is -3.91. The quantitative estimate of drug-likeness (QED) is 0.788. The molecule has 0 aliphatic heterocycles. The highest BCUT2D eigenvalue weighted by molar-refractivity contribution is 7.91. The normalized spacial score (nSPS) is 13.4. The minimum absolute atomic E-state index is 0.0217. The van der Waals surface area contributed by atoms with E-state index in [9.17, 15) is 21.6 Å². The average molecular weight is 309 g/mol. The van der Waals surface area contributed by atoms with Gasteiger partial charge in [-0.25, -0.2) is 21.6 Å². The van der Waals surface area contributed by atoms with Crippen molar-refractivity contribution in [2.24, 2.45) is 0 Å². The molecule has 0 aliphatic carbocycles. The molecule has 0 amide bonds. The number of nitrogens with one attached hydrogen (secondary N) is 1. The van der Waals surface area contributed by atoms with Gasteiger partial charge in [0.2, 0.25) is 0 Å². The van der Waals surface area contributed by atoms with Gasteiger partial charge in [0, 0.05) is 11.8 Å². The van der Waals surface area contributed by atoms with E-state index < -0.39 is 33.3 Å². The summed E-state index contributed by atoms with van der Waals surface area (Å²) in [5.41, 5.74) is 0.262. The Morgan fingerprint density at radius 3 is 2.20 bits per heavy atom. The first kappa shape index (κ1) is 17.0. The summed E-state index contributed by atoms with van der Waals surface area (Å²) in [6, 6.07) is 1.42. The molecule has 0 heterocycles. The molecule has 1 atom stereocenters. The molecule has 1 aromatic carbocycles. The van der Waals surface area contributed by atoms with E-state index in [-0.39, 0.29) is 17.1 Å². The molecule has 7 heteroatoms. The molecular formula is C13H18F3NO2S. The number of halogens is 3. The van der Waals surface area contributed by atoms with Crippen LogP contribution in [-0.2, 0) is 9.84 Å². The van der Waals surface area contributed by atoms with Crippen LogP contribution in [0.2, 0.25) is 0 Å². The molecule has 0 fully saturated rings. The number of rotatable bonds is 7. The average Bonchev–Trinajstić information content (AvgIpc) is 2.40. The van der Waals surface area contributed by atoms with Crippen LogP contribution in [-0.4, -0.2) is 27.0 Å². The Balaban J connectivity index is 2.77. The van der Waals surface area contributed by atoms with Gasteiger partial charge in [-0.05, 0) is 37.6 Å². The third-order valence-electron chi connectivity index (χ3n) is 3.14. The number of hydrogen-bond donors (Lipinski definition) is 1. The molecule has 0 aliphatic rings. The standard InChI is InChI=1S/C13H18F3NO2S/c1-3-20(18,19)6-4-5-12(17-2)9-7-10(14)13(16)11(15)8-9/h7-8,12,17H,3-6H2,1-2H3. The summed E-state index contributed by atoms with van der Waals surface area (Å²) in [6.07, 6.45) is 0.753. The highest BCUT2D eigenvalue weighted by Crippen LogP contribution is 2.22. The molecule has 0 saturated heterocycles. The van der Waals surface area contributed by atoms with Gasteiger partial charge in [0.05, 0.1) is 5.75 Å². The molecule has 0 saturated carbocycles. The van der Waals surface area contributed by atoms with Crippen LogP contribution in [0, 0.1) is 17.5 Å². The van der Waals surface area contributed by atoms with E-state index >= 15 is 0 Å². The highest BCUT2D eigenvalue weighted by Gasteiger charge is 2.17. The molecule has 0 bridgehead atoms. The Morgan fingerprint density at radius 1 is 1.20 bits per heavy atom. The molecular weight excluding hydrogens is 291 g/mol. The van der Waals surface area contributed by atoms with Crippen LogP contribution in [0.1, 0.15) is 31.4 Å². The zero-order valence-corrected chi connectivity index (χ0v) is 12.2. The van der Waals surface area contributed by atoms with Gasteiger partial charge in [0.1, 0.15) is 9.84 Å². The third-order valence-corrected chi connectivity index (χ3v) is 4.94. The molecule has 0 spiro atoms. The molecule has 1 unspecified atom stereocenters. The van der Waals surface area contributed by atoms with Crippen LogP contribution >= 0.6 is 0 Å². The lowest BCUT2D eigenvalue weighted by atomic mass is 10.0. The second kappa shape index (κ2) is 7.08. The topological polar surface area (TPSA) is 46.2 Å². The first-order chi connectivity index (χ1) is 9.30. The van der Waals surface area contributed by atoms with E-state index in [4.69, 9.17) is 0 Å². The number of benzene rings is 1. The van der Waals surface area contributed by atoms with E-state index in [0.717, 1.165) is 12.1 Å². The number of sulfone groups is 1. The Bertz CT molecular complexity index is 538. The van der Waals surface area contributed by atoms with Crippen molar-refractivity contribution >= 4 is 9.84 Å². The lowest BCUT2D eigenvalue weighted by Gasteiger charge is -2.17. The van der Waals surface area contributed by atoms with Gasteiger partial charge >= 0.3 is 0 Å². The zero-order valence-electron chi connectivity index (χ0n) is 11.4.